The Hall–Kier alpha value is -1.96. The first-order chi connectivity index (χ1) is 8.41. The summed E-state index contributed by atoms with van der Waals surface area (Å²) in [5.74, 6) is -2.17. The number of nitrogens with two attached hydrogens (primary N) is 1. The van der Waals surface area contributed by atoms with Crippen molar-refractivity contribution < 1.29 is 18.8 Å². The van der Waals surface area contributed by atoms with Gasteiger partial charge in [-0.3, -0.25) is 13.9 Å². The topological polar surface area (TPSA) is 111 Å². The van der Waals surface area contributed by atoms with Crippen molar-refractivity contribution in [3.63, 3.8) is 0 Å². The molecule has 1 aromatic rings. The Balaban J connectivity index is 2.53. The molecule has 0 fully saturated rings. The third-order valence-electron chi connectivity index (χ3n) is 2.34. The Labute approximate surface area is 102 Å². The number of hydrogen-bond donors (Lipinski definition) is 2. The molecule has 0 saturated heterocycles. The normalized spacial score (nSPS) is 13.6. The maximum absolute atomic E-state index is 13.4. The summed E-state index contributed by atoms with van der Waals surface area (Å²) in [6, 6.07) is -1.02. The molecule has 0 saturated carbocycles. The zero-order valence-electron chi connectivity index (χ0n) is 9.80. The highest BCUT2D eigenvalue weighted by atomic mass is 19.1. The highest BCUT2D eigenvalue weighted by molar-refractivity contribution is 5.72. The molecule has 0 aliphatic carbocycles. The second-order valence-corrected chi connectivity index (χ2v) is 3.75. The van der Waals surface area contributed by atoms with Crippen molar-refractivity contribution in [2.24, 2.45) is 5.73 Å². The monoisotopic (exact) mass is 259 g/mol. The Bertz CT molecular complexity index is 505. The Kier molecular flexibility index (Phi) is 4.78. The smallest absolute Gasteiger partial charge is 0.441 e. The number of aromatic nitrogens is 2. The maximum atomic E-state index is 13.4. The largest absolute Gasteiger partial charge is 0.480 e. The summed E-state index contributed by atoms with van der Waals surface area (Å²) in [6.45, 7) is 1.23. The molecule has 0 spiro atoms. The van der Waals surface area contributed by atoms with Gasteiger partial charge in [-0.2, -0.15) is 0 Å². The van der Waals surface area contributed by atoms with E-state index in [9.17, 15) is 14.0 Å². The van der Waals surface area contributed by atoms with Crippen LogP contribution >= 0.6 is 0 Å². The lowest BCUT2D eigenvalue weighted by Crippen LogP contribution is -2.29. The van der Waals surface area contributed by atoms with Crippen LogP contribution in [0.25, 0.3) is 0 Å². The van der Waals surface area contributed by atoms with Crippen molar-refractivity contribution in [3.05, 3.63) is 28.3 Å². The summed E-state index contributed by atoms with van der Waals surface area (Å²) in [5.41, 5.74) is 5.26. The SMILES string of the molecule is Cc1noc(=O)n1C/C(F)=C\CC[C@H](N)C(=O)O. The van der Waals surface area contributed by atoms with E-state index in [2.05, 4.69) is 9.68 Å². The molecule has 1 atom stereocenters. The highest BCUT2D eigenvalue weighted by Gasteiger charge is 2.11. The minimum absolute atomic E-state index is 0.125. The molecular formula is C10H14FN3O4. The van der Waals surface area contributed by atoms with E-state index < -0.39 is 23.6 Å². The fourth-order valence-electron chi connectivity index (χ4n) is 1.27. The summed E-state index contributed by atoms with van der Waals surface area (Å²) >= 11 is 0. The molecule has 1 aromatic heterocycles. The van der Waals surface area contributed by atoms with E-state index >= 15 is 0 Å². The van der Waals surface area contributed by atoms with Crippen LogP contribution in [-0.4, -0.2) is 26.8 Å². The van der Waals surface area contributed by atoms with E-state index in [1.54, 1.807) is 0 Å². The van der Waals surface area contributed by atoms with E-state index in [4.69, 9.17) is 10.8 Å². The molecule has 18 heavy (non-hydrogen) atoms. The molecule has 0 aromatic carbocycles. The van der Waals surface area contributed by atoms with Gasteiger partial charge in [-0.25, -0.2) is 9.18 Å². The molecule has 0 bridgehead atoms. The van der Waals surface area contributed by atoms with Gasteiger partial charge in [0.25, 0.3) is 0 Å². The molecule has 0 aliphatic heterocycles. The molecule has 100 valence electrons. The van der Waals surface area contributed by atoms with Crippen LogP contribution < -0.4 is 11.5 Å². The summed E-state index contributed by atoms with van der Waals surface area (Å²) in [4.78, 5) is 21.5. The molecule has 8 heteroatoms. The number of nitrogens with zero attached hydrogens (tertiary/aromatic N) is 2. The number of halogens is 1. The third kappa shape index (κ3) is 3.81. The van der Waals surface area contributed by atoms with Gasteiger partial charge < -0.3 is 10.8 Å². The molecule has 0 amide bonds. The van der Waals surface area contributed by atoms with E-state index in [0.29, 0.717) is 0 Å². The van der Waals surface area contributed by atoms with Gasteiger partial charge >= 0.3 is 11.7 Å². The van der Waals surface area contributed by atoms with Gasteiger partial charge in [0, 0.05) is 0 Å². The zero-order valence-corrected chi connectivity index (χ0v) is 9.80. The lowest BCUT2D eigenvalue weighted by molar-refractivity contribution is -0.138. The quantitative estimate of drug-likeness (QED) is 0.754. The lowest BCUT2D eigenvalue weighted by Gasteiger charge is -2.03. The minimum atomic E-state index is -1.13. The van der Waals surface area contributed by atoms with Gasteiger partial charge in [-0.05, 0) is 19.8 Å². The predicted octanol–water partition coefficient (Wildman–Crippen LogP) is 0.190. The van der Waals surface area contributed by atoms with Crippen molar-refractivity contribution in [2.45, 2.75) is 32.4 Å². The van der Waals surface area contributed by atoms with Crippen LogP contribution in [0.4, 0.5) is 4.39 Å². The van der Waals surface area contributed by atoms with Gasteiger partial charge in [-0.15, -0.1) is 0 Å². The average molecular weight is 259 g/mol. The first kappa shape index (κ1) is 14.1. The molecule has 0 radical (unpaired) electrons. The highest BCUT2D eigenvalue weighted by Crippen LogP contribution is 2.06. The summed E-state index contributed by atoms with van der Waals surface area (Å²) < 4.78 is 18.8. The second kappa shape index (κ2) is 6.10. The average Bonchev–Trinajstić information content (AvgIpc) is 2.60. The van der Waals surface area contributed by atoms with Crippen molar-refractivity contribution in [2.75, 3.05) is 0 Å². The first-order valence-electron chi connectivity index (χ1n) is 5.28. The molecule has 1 heterocycles. The maximum Gasteiger partial charge on any atom is 0.441 e. The number of aliphatic carboxylic acids is 1. The summed E-state index contributed by atoms with van der Waals surface area (Å²) in [5, 5.41) is 11.9. The number of carboxylic acid groups (broad SMARTS) is 1. The fourth-order valence-corrected chi connectivity index (χ4v) is 1.27. The molecule has 1 rings (SSSR count). The van der Waals surface area contributed by atoms with Crippen LogP contribution in [0.5, 0.6) is 0 Å². The molecular weight excluding hydrogens is 245 g/mol. The first-order valence-corrected chi connectivity index (χ1v) is 5.28. The van der Waals surface area contributed by atoms with E-state index in [1.807, 2.05) is 0 Å². The zero-order chi connectivity index (χ0) is 13.7. The second-order valence-electron chi connectivity index (χ2n) is 3.75. The summed E-state index contributed by atoms with van der Waals surface area (Å²) in [6.07, 6.45) is 1.50. The fraction of sp³-hybridized carbons (Fsp3) is 0.500. The van der Waals surface area contributed by atoms with Gasteiger partial charge in [0.2, 0.25) is 0 Å². The van der Waals surface area contributed by atoms with E-state index in [-0.39, 0.29) is 25.2 Å². The number of allylic oxidation sites excluding steroid dienone is 2. The van der Waals surface area contributed by atoms with E-state index in [1.165, 1.54) is 13.0 Å². The lowest BCUT2D eigenvalue weighted by atomic mass is 10.1. The van der Waals surface area contributed by atoms with Crippen LogP contribution in [0.1, 0.15) is 18.7 Å². The van der Waals surface area contributed by atoms with Gasteiger partial charge in [0.1, 0.15) is 11.9 Å². The molecule has 0 aliphatic rings. The van der Waals surface area contributed by atoms with Crippen LogP contribution in [-0.2, 0) is 11.3 Å². The van der Waals surface area contributed by atoms with Gasteiger partial charge in [0.15, 0.2) is 5.82 Å². The number of carbonyl (C=O) groups is 1. The predicted molar refractivity (Wildman–Crippen MR) is 59.5 cm³/mol. The van der Waals surface area contributed by atoms with E-state index in [0.717, 1.165) is 4.57 Å². The number of hydrogen-bond acceptors (Lipinski definition) is 5. The Morgan fingerprint density at radius 3 is 2.89 bits per heavy atom. The van der Waals surface area contributed by atoms with Crippen molar-refractivity contribution in [1.29, 1.82) is 0 Å². The molecule has 7 nitrogen and oxygen atoms in total. The minimum Gasteiger partial charge on any atom is -0.480 e. The molecule has 0 unspecified atom stereocenters. The van der Waals surface area contributed by atoms with Gasteiger partial charge in [0.05, 0.1) is 6.54 Å². The Morgan fingerprint density at radius 1 is 1.72 bits per heavy atom. The van der Waals surface area contributed by atoms with Crippen molar-refractivity contribution >= 4 is 5.97 Å². The number of rotatable bonds is 6. The van der Waals surface area contributed by atoms with Gasteiger partial charge in [-0.1, -0.05) is 11.2 Å². The number of carboxylic acids is 1. The van der Waals surface area contributed by atoms with Crippen LogP contribution in [0.3, 0.4) is 0 Å². The Morgan fingerprint density at radius 2 is 2.39 bits per heavy atom. The molecule has 3 N–H and O–H groups in total. The van der Waals surface area contributed by atoms with Crippen LogP contribution in [0, 0.1) is 6.92 Å². The van der Waals surface area contributed by atoms with Crippen LogP contribution in [0.15, 0.2) is 21.2 Å². The number of aryl methyl sites for hydroxylation is 1. The standard InChI is InChI=1S/C10H14FN3O4/c1-6-13-18-10(17)14(6)5-7(11)3-2-4-8(12)9(15)16/h3,8H,2,4-5,12H2,1H3,(H,15,16)/b7-3+/t8-/m0/s1. The summed E-state index contributed by atoms with van der Waals surface area (Å²) in [7, 11) is 0. The van der Waals surface area contributed by atoms with Crippen LogP contribution in [0.2, 0.25) is 0 Å². The van der Waals surface area contributed by atoms with Crippen molar-refractivity contribution in [1.82, 2.24) is 9.72 Å². The van der Waals surface area contributed by atoms with Crippen molar-refractivity contribution in [3.8, 4) is 0 Å². The third-order valence-corrected chi connectivity index (χ3v) is 2.34.